The van der Waals surface area contributed by atoms with Crippen molar-refractivity contribution in [1.29, 1.82) is 10.5 Å². The Morgan fingerprint density at radius 2 is 2.07 bits per heavy atom. The largest absolute Gasteiger partial charge is 0.269 e. The Labute approximate surface area is 87.9 Å². The van der Waals surface area contributed by atoms with E-state index in [0.29, 0.717) is 13.2 Å². The summed E-state index contributed by atoms with van der Waals surface area (Å²) in [5.41, 5.74) is 2.04. The van der Waals surface area contributed by atoms with Crippen LogP contribution in [0, 0.1) is 28.6 Å². The van der Waals surface area contributed by atoms with Gasteiger partial charge in [-0.05, 0) is 6.07 Å². The number of rotatable bonds is 2. The van der Waals surface area contributed by atoms with Crippen LogP contribution in [0.1, 0.15) is 5.56 Å². The molecule has 15 heavy (non-hydrogen) atoms. The number of benzene rings is 1. The molecule has 1 aliphatic heterocycles. The van der Waals surface area contributed by atoms with Gasteiger partial charge in [0, 0.05) is 5.56 Å². The summed E-state index contributed by atoms with van der Waals surface area (Å²) in [7, 11) is 0. The van der Waals surface area contributed by atoms with E-state index < -0.39 is 5.92 Å². The minimum Gasteiger partial charge on any atom is -0.269 e. The number of hydrogen-bond donors (Lipinski definition) is 0. The van der Waals surface area contributed by atoms with Gasteiger partial charge in [0.2, 0.25) is 0 Å². The fourth-order valence-corrected chi connectivity index (χ4v) is 1.52. The maximum Gasteiger partial charge on any atom is 0.153 e. The topological polar surface area (TPSA) is 60.0 Å². The Morgan fingerprint density at radius 3 is 2.80 bits per heavy atom. The molecule has 1 aliphatic rings. The van der Waals surface area contributed by atoms with Crippen molar-refractivity contribution in [2.45, 2.75) is 6.61 Å². The molecule has 2 rings (SSSR count). The second-order valence-corrected chi connectivity index (χ2v) is 3.27. The lowest BCUT2D eigenvalue weighted by molar-refractivity contribution is 0.115. The van der Waals surface area contributed by atoms with Crippen LogP contribution in [0.15, 0.2) is 24.3 Å². The number of para-hydroxylation sites is 1. The summed E-state index contributed by atoms with van der Waals surface area (Å²) in [6.07, 6.45) is 0. The van der Waals surface area contributed by atoms with Crippen molar-refractivity contribution in [3.05, 3.63) is 29.8 Å². The van der Waals surface area contributed by atoms with E-state index in [1.807, 2.05) is 36.4 Å². The zero-order valence-electron chi connectivity index (χ0n) is 8.05. The van der Waals surface area contributed by atoms with E-state index in [9.17, 15) is 0 Å². The lowest BCUT2D eigenvalue weighted by Crippen LogP contribution is -2.24. The molecule has 1 aromatic carbocycles. The van der Waals surface area contributed by atoms with Gasteiger partial charge in [-0.15, -0.1) is 0 Å². The molecule has 1 heterocycles. The lowest BCUT2D eigenvalue weighted by atomic mass is 10.1. The van der Waals surface area contributed by atoms with Gasteiger partial charge in [0.05, 0.1) is 24.4 Å². The number of nitrogens with zero attached hydrogens (tertiary/aromatic N) is 3. The summed E-state index contributed by atoms with van der Waals surface area (Å²) in [5, 5.41) is 19.0. The highest BCUT2D eigenvalue weighted by Crippen LogP contribution is 2.28. The molecular weight excluding hydrogens is 190 g/mol. The molecule has 0 bridgehead atoms. The van der Waals surface area contributed by atoms with Gasteiger partial charge in [-0.3, -0.25) is 9.90 Å². The first-order chi connectivity index (χ1) is 7.35. The van der Waals surface area contributed by atoms with Gasteiger partial charge in [-0.1, -0.05) is 18.2 Å². The van der Waals surface area contributed by atoms with Crippen LogP contribution in [0.25, 0.3) is 0 Å². The molecular formula is C11H9N3O. The van der Waals surface area contributed by atoms with Crippen molar-refractivity contribution in [2.75, 3.05) is 11.6 Å². The number of anilines is 1. The van der Waals surface area contributed by atoms with E-state index in [-0.39, 0.29) is 0 Å². The van der Waals surface area contributed by atoms with Crippen LogP contribution < -0.4 is 5.06 Å². The summed E-state index contributed by atoms with van der Waals surface area (Å²) in [6, 6.07) is 11.6. The zero-order valence-corrected chi connectivity index (χ0v) is 8.05. The van der Waals surface area contributed by atoms with Crippen LogP contribution in [0.4, 0.5) is 5.69 Å². The molecule has 0 unspecified atom stereocenters. The third-order valence-corrected chi connectivity index (χ3v) is 2.30. The number of nitriles is 2. The van der Waals surface area contributed by atoms with Crippen molar-refractivity contribution in [3.8, 4) is 12.1 Å². The van der Waals surface area contributed by atoms with Crippen molar-refractivity contribution in [3.63, 3.8) is 0 Å². The summed E-state index contributed by atoms with van der Waals surface area (Å²) in [5.74, 6) is -0.656. The number of hydrogen-bond acceptors (Lipinski definition) is 4. The Morgan fingerprint density at radius 1 is 1.33 bits per heavy atom. The summed E-state index contributed by atoms with van der Waals surface area (Å²) < 4.78 is 0. The van der Waals surface area contributed by atoms with Gasteiger partial charge in [-0.25, -0.2) is 0 Å². The molecule has 0 fully saturated rings. The maximum absolute atomic E-state index is 8.68. The normalized spacial score (nSPS) is 13.4. The molecule has 0 aliphatic carbocycles. The first-order valence-electron chi connectivity index (χ1n) is 4.62. The number of fused-ring (bicyclic) bond motifs is 1. The van der Waals surface area contributed by atoms with Crippen molar-refractivity contribution < 1.29 is 4.84 Å². The molecule has 0 saturated heterocycles. The van der Waals surface area contributed by atoms with E-state index in [0.717, 1.165) is 11.3 Å². The van der Waals surface area contributed by atoms with Gasteiger partial charge in [0.15, 0.2) is 5.92 Å². The van der Waals surface area contributed by atoms with Gasteiger partial charge < -0.3 is 0 Å². The van der Waals surface area contributed by atoms with Crippen LogP contribution in [-0.2, 0) is 11.4 Å². The highest BCUT2D eigenvalue weighted by atomic mass is 16.7. The highest BCUT2D eigenvalue weighted by Gasteiger charge is 2.22. The lowest BCUT2D eigenvalue weighted by Gasteiger charge is -2.17. The first-order valence-corrected chi connectivity index (χ1v) is 4.62. The Kier molecular flexibility index (Phi) is 2.53. The fraction of sp³-hybridized carbons (Fsp3) is 0.273. The molecule has 0 radical (unpaired) electrons. The highest BCUT2D eigenvalue weighted by molar-refractivity contribution is 5.54. The molecule has 0 spiro atoms. The Bertz CT molecular complexity index is 430. The minimum atomic E-state index is -0.656. The Balaban J connectivity index is 2.16. The van der Waals surface area contributed by atoms with E-state index >= 15 is 0 Å². The molecule has 4 heteroatoms. The quantitative estimate of drug-likeness (QED) is 0.725. The van der Waals surface area contributed by atoms with Crippen molar-refractivity contribution in [2.24, 2.45) is 5.92 Å². The summed E-state index contributed by atoms with van der Waals surface area (Å²) in [4.78, 5) is 5.39. The average Bonchev–Trinajstić information content (AvgIpc) is 2.69. The van der Waals surface area contributed by atoms with E-state index in [1.165, 1.54) is 0 Å². The first kappa shape index (κ1) is 9.51. The van der Waals surface area contributed by atoms with Gasteiger partial charge in [0.25, 0.3) is 0 Å². The predicted molar refractivity (Wildman–Crippen MR) is 53.3 cm³/mol. The average molecular weight is 199 g/mol. The van der Waals surface area contributed by atoms with E-state index in [4.69, 9.17) is 15.4 Å². The van der Waals surface area contributed by atoms with Gasteiger partial charge >= 0.3 is 0 Å². The van der Waals surface area contributed by atoms with Crippen molar-refractivity contribution >= 4 is 5.69 Å². The van der Waals surface area contributed by atoms with Crippen LogP contribution in [-0.4, -0.2) is 6.54 Å². The van der Waals surface area contributed by atoms with Crippen LogP contribution in [0.3, 0.4) is 0 Å². The number of hydroxylamine groups is 1. The molecule has 4 nitrogen and oxygen atoms in total. The smallest absolute Gasteiger partial charge is 0.153 e. The second-order valence-electron chi connectivity index (χ2n) is 3.27. The minimum absolute atomic E-state index is 0.296. The summed E-state index contributed by atoms with van der Waals surface area (Å²) in [6.45, 7) is 0.809. The van der Waals surface area contributed by atoms with Crippen LogP contribution in [0.5, 0.6) is 0 Å². The Hall–Kier alpha value is -2.04. The second kappa shape index (κ2) is 4.00. The third kappa shape index (κ3) is 1.76. The summed E-state index contributed by atoms with van der Waals surface area (Å²) >= 11 is 0. The van der Waals surface area contributed by atoms with Gasteiger partial charge in [0.1, 0.15) is 6.61 Å². The molecule has 0 aromatic heterocycles. The van der Waals surface area contributed by atoms with Crippen molar-refractivity contribution in [1.82, 2.24) is 0 Å². The van der Waals surface area contributed by atoms with Crippen LogP contribution in [0.2, 0.25) is 0 Å². The predicted octanol–water partition coefficient (Wildman–Crippen LogP) is 1.60. The van der Waals surface area contributed by atoms with E-state index in [2.05, 4.69) is 0 Å². The molecule has 1 aromatic rings. The molecule has 0 amide bonds. The zero-order chi connectivity index (χ0) is 10.7. The SMILES string of the molecule is N#CC(C#N)CN1OCc2ccccc21. The van der Waals surface area contributed by atoms with Crippen LogP contribution >= 0.6 is 0 Å². The maximum atomic E-state index is 8.68. The molecule has 0 N–H and O–H groups in total. The third-order valence-electron chi connectivity index (χ3n) is 2.30. The van der Waals surface area contributed by atoms with Gasteiger partial charge in [-0.2, -0.15) is 10.5 Å². The fourth-order valence-electron chi connectivity index (χ4n) is 1.52. The van der Waals surface area contributed by atoms with E-state index in [1.54, 1.807) is 5.06 Å². The molecule has 74 valence electrons. The standard InChI is InChI=1S/C11H9N3O/c12-5-9(6-13)7-14-11-4-2-1-3-10(11)8-15-14/h1-4,9H,7-8H2. The monoisotopic (exact) mass is 199 g/mol. The molecule has 0 saturated carbocycles. The molecule has 0 atom stereocenters.